The van der Waals surface area contributed by atoms with E-state index >= 15 is 0 Å². The Hall–Kier alpha value is -1.27. The van der Waals surface area contributed by atoms with Gasteiger partial charge in [-0.05, 0) is 30.1 Å². The fraction of sp³-hybridized carbons (Fsp3) is 0.429. The maximum absolute atomic E-state index is 12.3. The number of carbonyl (C=O) groups is 1. The Morgan fingerprint density at radius 1 is 1.00 bits per heavy atom. The zero-order chi connectivity index (χ0) is 21.3. The van der Waals surface area contributed by atoms with Gasteiger partial charge in [-0.1, -0.05) is 104 Å². The summed E-state index contributed by atoms with van der Waals surface area (Å²) >= 11 is 23.5. The van der Waals surface area contributed by atoms with Crippen molar-refractivity contribution in [2.45, 2.75) is 55.4 Å². The largest absolute Gasteiger partial charge is 0.339 e. The molecule has 29 heavy (non-hydrogen) atoms. The van der Waals surface area contributed by atoms with Gasteiger partial charge in [-0.3, -0.25) is 4.79 Å². The Morgan fingerprint density at radius 2 is 1.69 bits per heavy atom. The van der Waals surface area contributed by atoms with Crippen LogP contribution in [-0.4, -0.2) is 21.0 Å². The number of benzene rings is 2. The smallest absolute Gasteiger partial charge is 0.228 e. The van der Waals surface area contributed by atoms with Crippen molar-refractivity contribution in [3.05, 3.63) is 42.5 Å². The molecule has 0 aromatic heterocycles. The fourth-order valence-corrected chi connectivity index (χ4v) is 3.50. The molecule has 2 aromatic carbocycles. The van der Waals surface area contributed by atoms with Crippen LogP contribution in [0.5, 0.6) is 0 Å². The highest BCUT2D eigenvalue weighted by Gasteiger charge is 2.34. The van der Waals surface area contributed by atoms with E-state index < -0.39 is 9.96 Å². The molecule has 0 aliphatic carbocycles. The minimum atomic E-state index is -1.76. The molecule has 1 atom stereocenters. The first-order valence-corrected chi connectivity index (χ1v) is 11.3. The van der Waals surface area contributed by atoms with E-state index in [4.69, 9.17) is 47.0 Å². The second-order valence-corrected chi connectivity index (χ2v) is 9.61. The zero-order valence-electron chi connectivity index (χ0n) is 16.3. The number of rotatable bonds is 9. The van der Waals surface area contributed by atoms with Crippen molar-refractivity contribution in [2.75, 3.05) is 5.32 Å². The summed E-state index contributed by atoms with van der Waals surface area (Å²) in [5.74, 6) is -0.182. The van der Waals surface area contributed by atoms with Crippen LogP contribution in [0, 0.1) is 0 Å². The third-order valence-electron chi connectivity index (χ3n) is 4.45. The molecule has 1 amide bonds. The first kappa shape index (κ1) is 24.0. The molecule has 0 heterocycles. The van der Waals surface area contributed by atoms with Crippen molar-refractivity contribution in [1.29, 1.82) is 0 Å². The van der Waals surface area contributed by atoms with Crippen molar-refractivity contribution < 1.29 is 4.79 Å². The summed E-state index contributed by atoms with van der Waals surface area (Å²) in [5.41, 5.74) is 0.825. The summed E-state index contributed by atoms with van der Waals surface area (Å²) in [7, 11) is 0. The van der Waals surface area contributed by atoms with Crippen LogP contribution >= 0.6 is 47.0 Å². The predicted molar refractivity (Wildman–Crippen MR) is 129 cm³/mol. The maximum atomic E-state index is 12.3. The second-order valence-electron chi connectivity index (χ2n) is 6.83. The van der Waals surface area contributed by atoms with Gasteiger partial charge < -0.3 is 16.0 Å². The normalized spacial score (nSPS) is 12.4. The molecular weight excluding hydrogens is 449 g/mol. The van der Waals surface area contributed by atoms with Crippen molar-refractivity contribution in [2.24, 2.45) is 0 Å². The summed E-state index contributed by atoms with van der Waals surface area (Å²) < 4.78 is -1.76. The Labute approximate surface area is 192 Å². The fourth-order valence-electron chi connectivity index (χ4n) is 2.95. The van der Waals surface area contributed by atoms with Crippen LogP contribution in [0.15, 0.2) is 42.5 Å². The number of fused-ring (bicyclic) bond motifs is 1. The number of carbonyl (C=O) groups excluding carboxylic acids is 1. The average Bonchev–Trinajstić information content (AvgIpc) is 2.67. The van der Waals surface area contributed by atoms with Gasteiger partial charge in [-0.2, -0.15) is 0 Å². The Kier molecular flexibility index (Phi) is 9.76. The molecule has 0 saturated heterocycles. The summed E-state index contributed by atoms with van der Waals surface area (Å²) in [6.07, 6.45) is 4.69. The van der Waals surface area contributed by atoms with Crippen LogP contribution < -0.4 is 16.0 Å². The quantitative estimate of drug-likeness (QED) is 0.173. The predicted octanol–water partition coefficient (Wildman–Crippen LogP) is 6.30. The zero-order valence-corrected chi connectivity index (χ0v) is 19.4. The van der Waals surface area contributed by atoms with Gasteiger partial charge in [0.1, 0.15) is 6.17 Å². The Bertz CT molecular complexity index is 821. The monoisotopic (exact) mass is 473 g/mol. The maximum Gasteiger partial charge on any atom is 0.228 e. The Morgan fingerprint density at radius 3 is 2.41 bits per heavy atom. The van der Waals surface area contributed by atoms with Gasteiger partial charge in [0.15, 0.2) is 5.11 Å². The van der Waals surface area contributed by atoms with Gasteiger partial charge in [0.25, 0.3) is 0 Å². The van der Waals surface area contributed by atoms with Crippen molar-refractivity contribution in [1.82, 2.24) is 10.6 Å². The molecule has 2 rings (SSSR count). The van der Waals surface area contributed by atoms with Gasteiger partial charge in [0.05, 0.1) is 0 Å². The lowest BCUT2D eigenvalue weighted by atomic mass is 10.1. The number of alkyl halides is 3. The molecule has 158 valence electrons. The van der Waals surface area contributed by atoms with Crippen molar-refractivity contribution >= 4 is 74.5 Å². The van der Waals surface area contributed by atoms with E-state index in [0.717, 1.165) is 42.1 Å². The lowest BCUT2D eigenvalue weighted by Gasteiger charge is -2.28. The van der Waals surface area contributed by atoms with E-state index in [2.05, 4.69) is 22.9 Å². The topological polar surface area (TPSA) is 53.2 Å². The molecule has 0 spiro atoms. The van der Waals surface area contributed by atoms with E-state index in [1.165, 1.54) is 6.42 Å². The summed E-state index contributed by atoms with van der Waals surface area (Å²) in [5, 5.41) is 11.1. The standard InChI is InChI=1S/C21H26Cl3N3OS/c1-2-3-4-5-6-14-18(28)26-19(21(22,23)24)27-20(29)25-17-13-9-11-15-10-7-8-12-16(15)17/h7-13,19H,2-6,14H2,1H3,(H,26,28)(H2,25,27,29). The van der Waals surface area contributed by atoms with Gasteiger partial charge in [0, 0.05) is 17.5 Å². The molecule has 1 unspecified atom stereocenters. The molecule has 0 fully saturated rings. The van der Waals surface area contributed by atoms with E-state index in [1.807, 2.05) is 42.5 Å². The number of hydrogen-bond acceptors (Lipinski definition) is 2. The van der Waals surface area contributed by atoms with Crippen molar-refractivity contribution in [3.8, 4) is 0 Å². The minimum Gasteiger partial charge on any atom is -0.339 e. The Balaban J connectivity index is 1.95. The van der Waals surface area contributed by atoms with E-state index in [1.54, 1.807) is 0 Å². The number of anilines is 1. The lowest BCUT2D eigenvalue weighted by molar-refractivity contribution is -0.122. The molecule has 3 N–H and O–H groups in total. The third kappa shape index (κ3) is 8.17. The van der Waals surface area contributed by atoms with Crippen molar-refractivity contribution in [3.63, 3.8) is 0 Å². The van der Waals surface area contributed by atoms with Gasteiger partial charge in [-0.15, -0.1) is 0 Å². The minimum absolute atomic E-state index is 0.182. The van der Waals surface area contributed by atoms with Crippen LogP contribution in [0.3, 0.4) is 0 Å². The SMILES string of the molecule is CCCCCCCC(=O)NC(NC(=S)Nc1cccc2ccccc12)C(Cl)(Cl)Cl. The molecule has 2 aromatic rings. The van der Waals surface area contributed by atoms with Crippen LogP contribution in [-0.2, 0) is 4.79 Å². The summed E-state index contributed by atoms with van der Waals surface area (Å²) in [4.78, 5) is 12.3. The second kappa shape index (κ2) is 11.8. The first-order valence-electron chi connectivity index (χ1n) is 9.72. The number of nitrogens with one attached hydrogen (secondary N) is 3. The molecule has 0 aliphatic heterocycles. The van der Waals surface area contributed by atoms with Gasteiger partial charge in [0.2, 0.25) is 9.70 Å². The molecule has 0 bridgehead atoms. The number of amides is 1. The van der Waals surface area contributed by atoms with Gasteiger partial charge in [-0.25, -0.2) is 0 Å². The molecule has 0 aliphatic rings. The van der Waals surface area contributed by atoms with Crippen LogP contribution in [0.2, 0.25) is 0 Å². The average molecular weight is 475 g/mol. The highest BCUT2D eigenvalue weighted by atomic mass is 35.6. The van der Waals surface area contributed by atoms with Crippen LogP contribution in [0.4, 0.5) is 5.69 Å². The number of halogens is 3. The van der Waals surface area contributed by atoms with Crippen LogP contribution in [0.1, 0.15) is 45.4 Å². The third-order valence-corrected chi connectivity index (χ3v) is 5.33. The summed E-state index contributed by atoms with van der Waals surface area (Å²) in [6, 6.07) is 13.8. The van der Waals surface area contributed by atoms with E-state index in [9.17, 15) is 4.79 Å². The van der Waals surface area contributed by atoms with E-state index in [-0.39, 0.29) is 11.0 Å². The molecule has 8 heteroatoms. The summed E-state index contributed by atoms with van der Waals surface area (Å²) in [6.45, 7) is 2.15. The number of unbranched alkanes of at least 4 members (excludes halogenated alkanes) is 4. The number of thiocarbonyl (C=S) groups is 1. The first-order chi connectivity index (χ1) is 13.8. The highest BCUT2D eigenvalue weighted by Crippen LogP contribution is 2.29. The molecule has 4 nitrogen and oxygen atoms in total. The molecular formula is C21H26Cl3N3OS. The number of hydrogen-bond donors (Lipinski definition) is 3. The lowest BCUT2D eigenvalue weighted by Crippen LogP contribution is -2.56. The van der Waals surface area contributed by atoms with Crippen LogP contribution in [0.25, 0.3) is 10.8 Å². The highest BCUT2D eigenvalue weighted by molar-refractivity contribution is 7.80. The van der Waals surface area contributed by atoms with E-state index in [0.29, 0.717) is 6.42 Å². The molecule has 0 saturated carbocycles. The van der Waals surface area contributed by atoms with Gasteiger partial charge >= 0.3 is 0 Å². The molecule has 0 radical (unpaired) electrons.